The van der Waals surface area contributed by atoms with Crippen molar-refractivity contribution in [1.82, 2.24) is 29.5 Å². The Morgan fingerprint density at radius 2 is 2.14 bits per heavy atom. The molecule has 0 N–H and O–H groups in total. The Morgan fingerprint density at radius 1 is 1.32 bits per heavy atom. The molecule has 1 aliphatic heterocycles. The monoisotopic (exact) mass is 320 g/mol. The van der Waals surface area contributed by atoms with E-state index in [1.54, 1.807) is 22.3 Å². The minimum Gasteiger partial charge on any atom is -0.340 e. The summed E-state index contributed by atoms with van der Waals surface area (Å²) in [4.78, 5) is 24.9. The molecule has 118 valence electrons. The van der Waals surface area contributed by atoms with Crippen molar-refractivity contribution in [2.45, 2.75) is 26.4 Å². The van der Waals surface area contributed by atoms with Crippen molar-refractivity contribution in [3.8, 4) is 0 Å². The van der Waals surface area contributed by atoms with E-state index >= 15 is 0 Å². The Labute approximate surface area is 133 Å². The summed E-state index contributed by atoms with van der Waals surface area (Å²) < 4.78 is 1.69. The van der Waals surface area contributed by atoms with E-state index < -0.39 is 0 Å². The zero-order valence-electron chi connectivity index (χ0n) is 12.7. The molecular weight excluding hydrogens is 300 g/mol. The van der Waals surface area contributed by atoms with E-state index in [0.29, 0.717) is 13.0 Å². The predicted molar refractivity (Wildman–Crippen MR) is 83.3 cm³/mol. The van der Waals surface area contributed by atoms with E-state index in [-0.39, 0.29) is 5.91 Å². The summed E-state index contributed by atoms with van der Waals surface area (Å²) in [5, 5.41) is 7.24. The van der Waals surface area contributed by atoms with E-state index in [1.807, 2.05) is 11.8 Å². The highest BCUT2D eigenvalue weighted by atomic mass is 32.1. The number of hydrogen-bond acceptors (Lipinski definition) is 6. The van der Waals surface area contributed by atoms with Crippen molar-refractivity contribution in [3.63, 3.8) is 0 Å². The second-order valence-electron chi connectivity index (χ2n) is 5.42. The van der Waals surface area contributed by atoms with Gasteiger partial charge in [-0.2, -0.15) is 5.10 Å². The molecule has 8 heteroatoms. The molecule has 0 aliphatic carbocycles. The van der Waals surface area contributed by atoms with Crippen LogP contribution in [0.1, 0.15) is 17.1 Å². The van der Waals surface area contributed by atoms with Gasteiger partial charge in [0.1, 0.15) is 12.7 Å². The molecule has 1 fully saturated rings. The van der Waals surface area contributed by atoms with Gasteiger partial charge in [0.2, 0.25) is 5.91 Å². The summed E-state index contributed by atoms with van der Waals surface area (Å²) in [7, 11) is 0. The molecule has 7 nitrogen and oxygen atoms in total. The molecule has 1 amide bonds. The first-order valence-electron chi connectivity index (χ1n) is 7.44. The Balaban J connectivity index is 1.42. The highest BCUT2D eigenvalue weighted by Gasteiger charge is 2.21. The van der Waals surface area contributed by atoms with Crippen molar-refractivity contribution in [2.24, 2.45) is 0 Å². The molecule has 2 aromatic heterocycles. The topological polar surface area (TPSA) is 67.2 Å². The van der Waals surface area contributed by atoms with Crippen molar-refractivity contribution < 1.29 is 4.79 Å². The van der Waals surface area contributed by atoms with Gasteiger partial charge in [-0.3, -0.25) is 14.4 Å². The van der Waals surface area contributed by atoms with Gasteiger partial charge in [-0.05, 0) is 6.92 Å². The molecule has 0 bridgehead atoms. The van der Waals surface area contributed by atoms with Crippen LogP contribution in [0.15, 0.2) is 18.0 Å². The highest BCUT2D eigenvalue weighted by Crippen LogP contribution is 2.12. The highest BCUT2D eigenvalue weighted by molar-refractivity contribution is 7.09. The summed E-state index contributed by atoms with van der Waals surface area (Å²) in [6.07, 6.45) is 3.61. The average Bonchev–Trinajstić information content (AvgIpc) is 3.17. The lowest BCUT2D eigenvalue weighted by Gasteiger charge is -2.34. The van der Waals surface area contributed by atoms with E-state index in [1.165, 1.54) is 6.33 Å². The molecule has 0 spiro atoms. The first-order chi connectivity index (χ1) is 10.7. The molecule has 0 radical (unpaired) electrons. The van der Waals surface area contributed by atoms with Crippen LogP contribution >= 0.6 is 11.3 Å². The van der Waals surface area contributed by atoms with Crippen molar-refractivity contribution in [3.05, 3.63) is 28.7 Å². The Morgan fingerprint density at radius 3 is 2.77 bits per heavy atom. The molecule has 1 saturated heterocycles. The van der Waals surface area contributed by atoms with E-state index in [4.69, 9.17) is 0 Å². The SMILES string of the molecule is Cc1nc(CN2CCN(C(=O)CCn3cncn3)CC2)cs1. The van der Waals surface area contributed by atoms with Crippen LogP contribution in [-0.2, 0) is 17.9 Å². The number of nitrogens with zero attached hydrogens (tertiary/aromatic N) is 6. The van der Waals surface area contributed by atoms with Gasteiger partial charge in [0.25, 0.3) is 0 Å². The minimum absolute atomic E-state index is 0.194. The van der Waals surface area contributed by atoms with Crippen LogP contribution < -0.4 is 0 Å². The zero-order valence-corrected chi connectivity index (χ0v) is 13.5. The quantitative estimate of drug-likeness (QED) is 0.814. The van der Waals surface area contributed by atoms with Crippen LogP contribution in [-0.4, -0.2) is 61.6 Å². The maximum Gasteiger partial charge on any atom is 0.224 e. The number of aryl methyl sites for hydroxylation is 2. The number of carbonyl (C=O) groups excluding carboxylic acids is 1. The molecule has 0 aromatic carbocycles. The van der Waals surface area contributed by atoms with Crippen LogP contribution in [0.2, 0.25) is 0 Å². The smallest absolute Gasteiger partial charge is 0.224 e. The molecule has 3 rings (SSSR count). The predicted octanol–water partition coefficient (Wildman–Crippen LogP) is 0.778. The van der Waals surface area contributed by atoms with Crippen LogP contribution in [0.3, 0.4) is 0 Å². The molecule has 0 unspecified atom stereocenters. The first-order valence-corrected chi connectivity index (χ1v) is 8.32. The normalized spacial score (nSPS) is 16.1. The van der Waals surface area contributed by atoms with E-state index in [9.17, 15) is 4.79 Å². The molecular formula is C14H20N6OS. The molecule has 0 atom stereocenters. The second-order valence-corrected chi connectivity index (χ2v) is 6.49. The van der Waals surface area contributed by atoms with Gasteiger partial charge in [0.15, 0.2) is 0 Å². The number of rotatable bonds is 5. The molecule has 3 heterocycles. The van der Waals surface area contributed by atoms with Crippen LogP contribution in [0.5, 0.6) is 0 Å². The number of hydrogen-bond donors (Lipinski definition) is 0. The fraction of sp³-hybridized carbons (Fsp3) is 0.571. The van der Waals surface area contributed by atoms with E-state index in [0.717, 1.165) is 43.4 Å². The zero-order chi connectivity index (χ0) is 15.4. The third-order valence-electron chi connectivity index (χ3n) is 3.80. The lowest BCUT2D eigenvalue weighted by molar-refractivity contribution is -0.133. The van der Waals surface area contributed by atoms with Crippen molar-refractivity contribution in [1.29, 1.82) is 0 Å². The molecule has 1 aliphatic rings. The first kappa shape index (κ1) is 15.1. The number of carbonyl (C=O) groups is 1. The second kappa shape index (κ2) is 6.97. The lowest BCUT2D eigenvalue weighted by Crippen LogP contribution is -2.48. The summed E-state index contributed by atoms with van der Waals surface area (Å²) in [5.41, 5.74) is 1.13. The Hall–Kier alpha value is -1.80. The molecule has 2 aromatic rings. The van der Waals surface area contributed by atoms with Crippen LogP contribution in [0, 0.1) is 6.92 Å². The number of thiazole rings is 1. The Bertz CT molecular complexity index is 603. The maximum absolute atomic E-state index is 12.2. The third-order valence-corrected chi connectivity index (χ3v) is 4.62. The van der Waals surface area contributed by atoms with Gasteiger partial charge < -0.3 is 4.90 Å². The standard InChI is InChI=1S/C14H20N6OS/c1-12-17-13(9-22-12)8-18-4-6-19(7-5-18)14(21)2-3-20-11-15-10-16-20/h9-11H,2-8H2,1H3. The van der Waals surface area contributed by atoms with Gasteiger partial charge in [0.05, 0.1) is 17.2 Å². The van der Waals surface area contributed by atoms with Gasteiger partial charge in [0, 0.05) is 44.5 Å². The summed E-state index contributed by atoms with van der Waals surface area (Å²) in [6, 6.07) is 0. The largest absolute Gasteiger partial charge is 0.340 e. The summed E-state index contributed by atoms with van der Waals surface area (Å²) in [6.45, 7) is 6.90. The number of amides is 1. The molecule has 0 saturated carbocycles. The van der Waals surface area contributed by atoms with Crippen LogP contribution in [0.4, 0.5) is 0 Å². The van der Waals surface area contributed by atoms with Crippen molar-refractivity contribution in [2.75, 3.05) is 26.2 Å². The third kappa shape index (κ3) is 3.89. The van der Waals surface area contributed by atoms with Gasteiger partial charge in [-0.1, -0.05) is 0 Å². The minimum atomic E-state index is 0.194. The number of piperazine rings is 1. The molecule has 22 heavy (non-hydrogen) atoms. The van der Waals surface area contributed by atoms with Crippen molar-refractivity contribution >= 4 is 17.2 Å². The fourth-order valence-electron chi connectivity index (χ4n) is 2.58. The lowest BCUT2D eigenvalue weighted by atomic mass is 10.2. The maximum atomic E-state index is 12.2. The van der Waals surface area contributed by atoms with Crippen LogP contribution in [0.25, 0.3) is 0 Å². The van der Waals surface area contributed by atoms with E-state index in [2.05, 4.69) is 25.3 Å². The Kier molecular flexibility index (Phi) is 4.79. The average molecular weight is 320 g/mol. The van der Waals surface area contributed by atoms with Gasteiger partial charge in [-0.15, -0.1) is 11.3 Å². The van der Waals surface area contributed by atoms with Gasteiger partial charge >= 0.3 is 0 Å². The van der Waals surface area contributed by atoms with Gasteiger partial charge in [-0.25, -0.2) is 9.97 Å². The summed E-state index contributed by atoms with van der Waals surface area (Å²) >= 11 is 1.69. The fourth-order valence-corrected chi connectivity index (χ4v) is 3.19. The summed E-state index contributed by atoms with van der Waals surface area (Å²) in [5.74, 6) is 0.194. The number of aromatic nitrogens is 4.